The molecule has 0 fully saturated rings. The molecule has 0 bridgehead atoms. The molecule has 0 spiro atoms. The van der Waals surface area contributed by atoms with Crippen molar-refractivity contribution in [1.29, 1.82) is 5.41 Å². The van der Waals surface area contributed by atoms with Crippen LogP contribution in [0.15, 0.2) is 22.9 Å². The number of fused-ring (bicyclic) bond motifs is 1. The maximum atomic E-state index is 14.4. The van der Waals surface area contributed by atoms with Gasteiger partial charge in [0, 0.05) is 18.7 Å². The standard InChI is InChI=1S/C12H12BrFN6/c13-10-7(12(15)16)1-2-8(11(10)14)19-3-4-20-6-17-18-9(20)5-19/h1-2,6H,3-5H2,(H3,15,16). The Hall–Kier alpha value is -1.96. The number of halogens is 2. The fourth-order valence-electron chi connectivity index (χ4n) is 2.26. The third-order valence-electron chi connectivity index (χ3n) is 3.33. The van der Waals surface area contributed by atoms with Gasteiger partial charge in [0.05, 0.1) is 16.7 Å². The summed E-state index contributed by atoms with van der Waals surface area (Å²) in [6.07, 6.45) is 1.68. The lowest BCUT2D eigenvalue weighted by atomic mass is 10.1. The molecule has 1 aromatic heterocycles. The molecular formula is C12H12BrFN6. The van der Waals surface area contributed by atoms with Crippen LogP contribution in [0.25, 0.3) is 0 Å². The van der Waals surface area contributed by atoms with E-state index in [4.69, 9.17) is 11.1 Å². The minimum Gasteiger partial charge on any atom is -0.384 e. The number of hydrogen-bond acceptors (Lipinski definition) is 4. The first-order chi connectivity index (χ1) is 9.58. The first-order valence-corrected chi connectivity index (χ1v) is 6.81. The topological polar surface area (TPSA) is 83.8 Å². The Morgan fingerprint density at radius 3 is 2.95 bits per heavy atom. The number of nitrogens with two attached hydrogens (primary N) is 1. The highest BCUT2D eigenvalue weighted by molar-refractivity contribution is 9.10. The molecule has 2 aromatic rings. The summed E-state index contributed by atoms with van der Waals surface area (Å²) in [5, 5.41) is 15.3. The van der Waals surface area contributed by atoms with E-state index in [-0.39, 0.29) is 10.3 Å². The smallest absolute Gasteiger partial charge is 0.161 e. The molecule has 0 saturated carbocycles. The van der Waals surface area contributed by atoms with E-state index < -0.39 is 5.82 Å². The molecule has 104 valence electrons. The Bertz CT molecular complexity index is 683. The van der Waals surface area contributed by atoms with Gasteiger partial charge in [-0.3, -0.25) is 5.41 Å². The highest BCUT2D eigenvalue weighted by atomic mass is 79.9. The van der Waals surface area contributed by atoms with E-state index >= 15 is 0 Å². The van der Waals surface area contributed by atoms with Crippen molar-refractivity contribution in [3.63, 3.8) is 0 Å². The van der Waals surface area contributed by atoms with Crippen LogP contribution in [0.1, 0.15) is 11.4 Å². The predicted octanol–water partition coefficient (Wildman–Crippen LogP) is 1.48. The lowest BCUT2D eigenvalue weighted by molar-refractivity contribution is 0.542. The number of nitrogen functional groups attached to an aromatic ring is 1. The largest absolute Gasteiger partial charge is 0.384 e. The number of benzene rings is 1. The average Bonchev–Trinajstić information content (AvgIpc) is 2.88. The summed E-state index contributed by atoms with van der Waals surface area (Å²) in [5.74, 6) is 0.230. The van der Waals surface area contributed by atoms with Crippen molar-refractivity contribution in [2.24, 2.45) is 5.73 Å². The number of aromatic nitrogens is 3. The zero-order chi connectivity index (χ0) is 14.3. The van der Waals surface area contributed by atoms with E-state index in [1.807, 2.05) is 9.47 Å². The summed E-state index contributed by atoms with van der Waals surface area (Å²) in [5.41, 5.74) is 6.23. The Labute approximate surface area is 123 Å². The summed E-state index contributed by atoms with van der Waals surface area (Å²) in [7, 11) is 0. The fraction of sp³-hybridized carbons (Fsp3) is 0.250. The first-order valence-electron chi connectivity index (χ1n) is 6.02. The maximum Gasteiger partial charge on any atom is 0.161 e. The van der Waals surface area contributed by atoms with Gasteiger partial charge in [0.1, 0.15) is 12.2 Å². The third-order valence-corrected chi connectivity index (χ3v) is 4.11. The van der Waals surface area contributed by atoms with Crippen molar-refractivity contribution < 1.29 is 4.39 Å². The van der Waals surface area contributed by atoms with Crippen molar-refractivity contribution in [3.05, 3.63) is 40.1 Å². The predicted molar refractivity (Wildman–Crippen MR) is 76.2 cm³/mol. The normalized spacial score (nSPS) is 14.2. The number of rotatable bonds is 2. The van der Waals surface area contributed by atoms with Gasteiger partial charge in [-0.05, 0) is 28.1 Å². The van der Waals surface area contributed by atoms with Crippen LogP contribution in [0.3, 0.4) is 0 Å². The minimum atomic E-state index is -0.411. The Kier molecular flexibility index (Phi) is 3.17. The Morgan fingerprint density at radius 2 is 2.20 bits per heavy atom. The van der Waals surface area contributed by atoms with E-state index in [2.05, 4.69) is 26.1 Å². The first kappa shape index (κ1) is 13.0. The van der Waals surface area contributed by atoms with Crippen molar-refractivity contribution in [2.45, 2.75) is 13.1 Å². The van der Waals surface area contributed by atoms with E-state index in [0.717, 1.165) is 5.82 Å². The molecule has 1 aromatic carbocycles. The lowest BCUT2D eigenvalue weighted by Crippen LogP contribution is -2.34. The van der Waals surface area contributed by atoms with Gasteiger partial charge in [-0.15, -0.1) is 10.2 Å². The van der Waals surface area contributed by atoms with Gasteiger partial charge >= 0.3 is 0 Å². The molecule has 0 amide bonds. The van der Waals surface area contributed by atoms with Crippen LogP contribution in [0.2, 0.25) is 0 Å². The molecule has 6 nitrogen and oxygen atoms in total. The van der Waals surface area contributed by atoms with E-state index in [1.54, 1.807) is 18.5 Å². The quantitative estimate of drug-likeness (QED) is 0.641. The Balaban J connectivity index is 1.96. The van der Waals surface area contributed by atoms with Crippen LogP contribution >= 0.6 is 15.9 Å². The zero-order valence-electron chi connectivity index (χ0n) is 10.5. The highest BCUT2D eigenvalue weighted by Crippen LogP contribution is 2.31. The van der Waals surface area contributed by atoms with Gasteiger partial charge in [-0.2, -0.15) is 0 Å². The second-order valence-electron chi connectivity index (χ2n) is 4.54. The minimum absolute atomic E-state index is 0.166. The second kappa shape index (κ2) is 4.86. The van der Waals surface area contributed by atoms with Crippen molar-refractivity contribution in [1.82, 2.24) is 14.8 Å². The van der Waals surface area contributed by atoms with Gasteiger partial charge in [0.15, 0.2) is 11.6 Å². The van der Waals surface area contributed by atoms with Gasteiger partial charge in [-0.1, -0.05) is 0 Å². The number of nitrogens with one attached hydrogen (secondary N) is 1. The van der Waals surface area contributed by atoms with Crippen molar-refractivity contribution in [2.75, 3.05) is 11.4 Å². The second-order valence-corrected chi connectivity index (χ2v) is 5.33. The molecule has 8 heteroatoms. The molecule has 20 heavy (non-hydrogen) atoms. The molecule has 0 unspecified atom stereocenters. The number of hydrogen-bond donors (Lipinski definition) is 2. The molecule has 3 N–H and O–H groups in total. The average molecular weight is 339 g/mol. The van der Waals surface area contributed by atoms with Crippen molar-refractivity contribution >= 4 is 27.5 Å². The van der Waals surface area contributed by atoms with Crippen LogP contribution in [0.4, 0.5) is 10.1 Å². The number of anilines is 1. The zero-order valence-corrected chi connectivity index (χ0v) is 12.1. The molecule has 3 rings (SSSR count). The Morgan fingerprint density at radius 1 is 1.40 bits per heavy atom. The van der Waals surface area contributed by atoms with Gasteiger partial charge < -0.3 is 15.2 Å². The lowest BCUT2D eigenvalue weighted by Gasteiger charge is -2.29. The van der Waals surface area contributed by atoms with Crippen LogP contribution in [0.5, 0.6) is 0 Å². The van der Waals surface area contributed by atoms with Gasteiger partial charge in [-0.25, -0.2) is 4.39 Å². The van der Waals surface area contributed by atoms with Gasteiger partial charge in [0.25, 0.3) is 0 Å². The third kappa shape index (κ3) is 2.05. The maximum absolute atomic E-state index is 14.4. The fourth-order valence-corrected chi connectivity index (χ4v) is 2.81. The SMILES string of the molecule is N=C(N)c1ccc(N2CCn3cnnc3C2)c(F)c1Br. The van der Waals surface area contributed by atoms with Gasteiger partial charge in [0.2, 0.25) is 0 Å². The molecule has 1 aliphatic heterocycles. The number of amidine groups is 1. The number of nitrogens with zero attached hydrogens (tertiary/aromatic N) is 4. The molecule has 0 radical (unpaired) electrons. The summed E-state index contributed by atoms with van der Waals surface area (Å²) in [6.45, 7) is 1.89. The van der Waals surface area contributed by atoms with Crippen LogP contribution in [-0.2, 0) is 13.1 Å². The summed E-state index contributed by atoms with van der Waals surface area (Å²) >= 11 is 3.17. The van der Waals surface area contributed by atoms with E-state index in [1.165, 1.54) is 0 Å². The van der Waals surface area contributed by atoms with Crippen LogP contribution in [0, 0.1) is 11.2 Å². The highest BCUT2D eigenvalue weighted by Gasteiger charge is 2.22. The van der Waals surface area contributed by atoms with Crippen molar-refractivity contribution in [3.8, 4) is 0 Å². The summed E-state index contributed by atoms with van der Waals surface area (Å²) < 4.78 is 16.6. The molecule has 2 heterocycles. The molecule has 1 aliphatic rings. The van der Waals surface area contributed by atoms with E-state index in [9.17, 15) is 4.39 Å². The molecule has 0 aliphatic carbocycles. The molecule has 0 saturated heterocycles. The summed E-state index contributed by atoms with van der Waals surface area (Å²) in [6, 6.07) is 3.28. The monoisotopic (exact) mass is 338 g/mol. The van der Waals surface area contributed by atoms with E-state index in [0.29, 0.717) is 30.9 Å². The van der Waals surface area contributed by atoms with Crippen LogP contribution < -0.4 is 10.6 Å². The molecular weight excluding hydrogens is 327 g/mol. The molecule has 0 atom stereocenters. The summed E-state index contributed by atoms with van der Waals surface area (Å²) in [4.78, 5) is 1.90. The van der Waals surface area contributed by atoms with Crippen LogP contribution in [-0.4, -0.2) is 27.1 Å².